The number of carboxylic acids is 1. The van der Waals surface area contributed by atoms with Crippen LogP contribution < -0.4 is 0 Å². The van der Waals surface area contributed by atoms with E-state index in [1.807, 2.05) is 0 Å². The van der Waals surface area contributed by atoms with Gasteiger partial charge in [0.15, 0.2) is 0 Å². The SMILES string of the molecule is O=C(O)C(Cl)(Cl)OO. The van der Waals surface area contributed by atoms with Gasteiger partial charge in [0.1, 0.15) is 0 Å². The number of alkyl halides is 2. The van der Waals surface area contributed by atoms with E-state index in [0.717, 1.165) is 0 Å². The molecular weight excluding hydrogens is 159 g/mol. The van der Waals surface area contributed by atoms with Gasteiger partial charge in [-0.3, -0.25) is 0 Å². The first-order valence-electron chi connectivity index (χ1n) is 1.44. The molecular formula is C2H2Cl2O4. The van der Waals surface area contributed by atoms with Crippen molar-refractivity contribution < 1.29 is 20.0 Å². The average molecular weight is 161 g/mol. The van der Waals surface area contributed by atoms with Crippen molar-refractivity contribution in [3.8, 4) is 0 Å². The first-order valence-corrected chi connectivity index (χ1v) is 2.20. The highest BCUT2D eigenvalue weighted by atomic mass is 35.5. The van der Waals surface area contributed by atoms with Crippen LogP contribution in [0.4, 0.5) is 0 Å². The Balaban J connectivity index is 3.91. The van der Waals surface area contributed by atoms with Crippen LogP contribution in [0.1, 0.15) is 0 Å². The molecule has 0 aliphatic heterocycles. The number of carbonyl (C=O) groups is 1. The Labute approximate surface area is 54.5 Å². The zero-order valence-electron chi connectivity index (χ0n) is 3.47. The lowest BCUT2D eigenvalue weighted by atomic mass is 10.7. The quantitative estimate of drug-likeness (QED) is 0.355. The molecule has 0 amide bonds. The zero-order chi connectivity index (χ0) is 6.78. The Morgan fingerprint density at radius 1 is 1.62 bits per heavy atom. The van der Waals surface area contributed by atoms with Crippen molar-refractivity contribution in [2.24, 2.45) is 0 Å². The van der Waals surface area contributed by atoms with Crippen molar-refractivity contribution in [1.29, 1.82) is 0 Å². The highest BCUT2D eigenvalue weighted by Crippen LogP contribution is 2.20. The Hall–Kier alpha value is -0.0300. The first-order chi connectivity index (χ1) is 3.50. The minimum atomic E-state index is -2.54. The molecule has 0 heterocycles. The molecule has 0 aliphatic rings. The first kappa shape index (κ1) is 7.97. The van der Waals surface area contributed by atoms with Crippen LogP contribution >= 0.6 is 23.2 Å². The summed E-state index contributed by atoms with van der Waals surface area (Å²) in [5.41, 5.74) is 0. The van der Waals surface area contributed by atoms with Crippen molar-refractivity contribution in [3.05, 3.63) is 0 Å². The Kier molecular flexibility index (Phi) is 2.49. The lowest BCUT2D eigenvalue weighted by Crippen LogP contribution is -2.27. The van der Waals surface area contributed by atoms with Crippen molar-refractivity contribution >= 4 is 29.2 Å². The molecule has 48 valence electrons. The summed E-state index contributed by atoms with van der Waals surface area (Å²) in [5, 5.41) is 15.5. The van der Waals surface area contributed by atoms with E-state index in [2.05, 4.69) is 4.89 Å². The predicted molar refractivity (Wildman–Crippen MR) is 25.8 cm³/mol. The molecule has 4 nitrogen and oxygen atoms in total. The predicted octanol–water partition coefficient (Wildman–Crippen LogP) is 0.692. The highest BCUT2D eigenvalue weighted by molar-refractivity contribution is 6.55. The normalized spacial score (nSPS) is 11.4. The van der Waals surface area contributed by atoms with Gasteiger partial charge in [0.05, 0.1) is 0 Å². The molecule has 6 heteroatoms. The van der Waals surface area contributed by atoms with Gasteiger partial charge >= 0.3 is 10.5 Å². The van der Waals surface area contributed by atoms with E-state index in [0.29, 0.717) is 0 Å². The summed E-state index contributed by atoms with van der Waals surface area (Å²) >= 11 is 9.50. The molecule has 0 aromatic heterocycles. The molecule has 0 aliphatic carbocycles. The van der Waals surface area contributed by atoms with E-state index in [1.165, 1.54) is 0 Å². The number of aliphatic carboxylic acids is 1. The Bertz CT molecular complexity index is 100. The summed E-state index contributed by atoms with van der Waals surface area (Å²) in [5.74, 6) is -1.66. The van der Waals surface area contributed by atoms with Gasteiger partial charge in [0.2, 0.25) is 0 Å². The molecule has 0 bridgehead atoms. The van der Waals surface area contributed by atoms with Crippen molar-refractivity contribution in [2.75, 3.05) is 0 Å². The molecule has 0 rings (SSSR count). The topological polar surface area (TPSA) is 66.8 Å². The Morgan fingerprint density at radius 2 is 2.00 bits per heavy atom. The number of carboxylic acid groups (broad SMARTS) is 1. The summed E-state index contributed by atoms with van der Waals surface area (Å²) in [6.07, 6.45) is 0. The fourth-order valence-corrected chi connectivity index (χ4v) is 0.0390. The number of rotatable bonds is 2. The maximum absolute atomic E-state index is 9.70. The van der Waals surface area contributed by atoms with Crippen molar-refractivity contribution in [2.45, 2.75) is 4.52 Å². The van der Waals surface area contributed by atoms with Crippen LogP contribution in [0.15, 0.2) is 0 Å². The van der Waals surface area contributed by atoms with Gasteiger partial charge < -0.3 is 5.11 Å². The Morgan fingerprint density at radius 3 is 2.00 bits per heavy atom. The molecule has 0 saturated carbocycles. The van der Waals surface area contributed by atoms with E-state index < -0.39 is 10.5 Å². The lowest BCUT2D eigenvalue weighted by Gasteiger charge is -2.06. The van der Waals surface area contributed by atoms with Gasteiger partial charge in [-0.15, -0.1) is 0 Å². The third kappa shape index (κ3) is 1.83. The highest BCUT2D eigenvalue weighted by Gasteiger charge is 2.35. The van der Waals surface area contributed by atoms with Crippen LogP contribution in [-0.4, -0.2) is 20.9 Å². The number of hydrogen-bond donors (Lipinski definition) is 2. The van der Waals surface area contributed by atoms with Gasteiger partial charge in [0, 0.05) is 0 Å². The molecule has 0 saturated heterocycles. The summed E-state index contributed by atoms with van der Waals surface area (Å²) in [4.78, 5) is 12.8. The zero-order valence-corrected chi connectivity index (χ0v) is 4.98. The van der Waals surface area contributed by atoms with Gasteiger partial charge in [-0.25, -0.2) is 10.1 Å². The molecule has 2 N–H and O–H groups in total. The molecule has 0 radical (unpaired) electrons. The van der Waals surface area contributed by atoms with Crippen LogP contribution in [0.2, 0.25) is 0 Å². The van der Waals surface area contributed by atoms with Crippen LogP contribution in [0.3, 0.4) is 0 Å². The number of hydrogen-bond acceptors (Lipinski definition) is 3. The van der Waals surface area contributed by atoms with E-state index in [4.69, 9.17) is 33.6 Å². The standard InChI is InChI=1S/C2H2Cl2O4/c3-2(4,8-7)1(5)6/h7H,(H,5,6). The largest absolute Gasteiger partial charge is 0.477 e. The molecule has 0 unspecified atom stereocenters. The maximum Gasteiger partial charge on any atom is 0.371 e. The molecule has 0 atom stereocenters. The fraction of sp³-hybridized carbons (Fsp3) is 0.500. The van der Waals surface area contributed by atoms with Crippen LogP contribution in [-0.2, 0) is 9.68 Å². The van der Waals surface area contributed by atoms with Crippen LogP contribution in [0.5, 0.6) is 0 Å². The third-order valence-electron chi connectivity index (χ3n) is 0.364. The van der Waals surface area contributed by atoms with Gasteiger partial charge in [-0.05, 0) is 0 Å². The minimum absolute atomic E-state index is 1.66. The van der Waals surface area contributed by atoms with Crippen LogP contribution in [0.25, 0.3) is 0 Å². The van der Waals surface area contributed by atoms with Gasteiger partial charge in [-0.2, -0.15) is 4.89 Å². The number of halogens is 2. The van der Waals surface area contributed by atoms with E-state index in [9.17, 15) is 4.79 Å². The summed E-state index contributed by atoms with van der Waals surface area (Å²) in [6.45, 7) is 0. The summed E-state index contributed by atoms with van der Waals surface area (Å²) < 4.78 is -2.54. The second kappa shape index (κ2) is 2.50. The third-order valence-corrected chi connectivity index (χ3v) is 0.825. The maximum atomic E-state index is 9.70. The lowest BCUT2D eigenvalue weighted by molar-refractivity contribution is -0.269. The second-order valence-corrected chi connectivity index (χ2v) is 2.17. The van der Waals surface area contributed by atoms with Crippen molar-refractivity contribution in [3.63, 3.8) is 0 Å². The minimum Gasteiger partial charge on any atom is -0.477 e. The van der Waals surface area contributed by atoms with E-state index >= 15 is 0 Å². The molecule has 8 heavy (non-hydrogen) atoms. The molecule has 0 spiro atoms. The van der Waals surface area contributed by atoms with Gasteiger partial charge in [-0.1, -0.05) is 23.2 Å². The average Bonchev–Trinajstić information content (AvgIpc) is 1.67. The monoisotopic (exact) mass is 160 g/mol. The molecule has 0 fully saturated rings. The summed E-state index contributed by atoms with van der Waals surface area (Å²) in [6, 6.07) is 0. The van der Waals surface area contributed by atoms with Crippen LogP contribution in [0, 0.1) is 0 Å². The van der Waals surface area contributed by atoms with E-state index in [-0.39, 0.29) is 0 Å². The fourth-order valence-electron chi connectivity index (χ4n) is 0.0390. The second-order valence-electron chi connectivity index (χ2n) is 0.913. The smallest absolute Gasteiger partial charge is 0.371 e. The van der Waals surface area contributed by atoms with Crippen molar-refractivity contribution in [1.82, 2.24) is 0 Å². The van der Waals surface area contributed by atoms with Gasteiger partial charge in [0.25, 0.3) is 0 Å². The molecule has 0 aromatic carbocycles. The van der Waals surface area contributed by atoms with E-state index in [1.54, 1.807) is 0 Å². The molecule has 0 aromatic rings. The summed E-state index contributed by atoms with van der Waals surface area (Å²) in [7, 11) is 0.